The number of aliphatic hydroxyl groups excluding tert-OH is 1. The summed E-state index contributed by atoms with van der Waals surface area (Å²) >= 11 is 0. The summed E-state index contributed by atoms with van der Waals surface area (Å²) in [6, 6.07) is 4.62. The monoisotopic (exact) mass is 291 g/mol. The Hall–Kier alpha value is -1.57. The summed E-state index contributed by atoms with van der Waals surface area (Å²) in [5.41, 5.74) is 0.706. The maximum Gasteiger partial charge on any atom is 0.165 e. The van der Waals surface area contributed by atoms with Gasteiger partial charge in [-0.05, 0) is 44.1 Å². The van der Waals surface area contributed by atoms with Crippen molar-refractivity contribution in [2.75, 3.05) is 32.8 Å². The Labute approximate surface area is 125 Å². The highest BCUT2D eigenvalue weighted by molar-refractivity contribution is 5.40. The Morgan fingerprint density at radius 1 is 1.24 bits per heavy atom. The van der Waals surface area contributed by atoms with Gasteiger partial charge in [-0.25, -0.2) is 4.39 Å². The van der Waals surface area contributed by atoms with E-state index in [0.717, 1.165) is 19.6 Å². The van der Waals surface area contributed by atoms with E-state index in [9.17, 15) is 4.39 Å². The average molecular weight is 291 g/mol. The van der Waals surface area contributed by atoms with Gasteiger partial charge in [-0.2, -0.15) is 0 Å². The molecule has 1 aliphatic rings. The molecule has 0 unspecified atom stereocenters. The average Bonchev–Trinajstić information content (AvgIpc) is 2.51. The van der Waals surface area contributed by atoms with Crippen molar-refractivity contribution in [3.05, 3.63) is 29.6 Å². The van der Waals surface area contributed by atoms with Gasteiger partial charge in [0.2, 0.25) is 0 Å². The SMILES string of the molecule is OCCC#Cc1ccc(F)c(OCCN2CCCCC2)c1. The molecule has 0 saturated carbocycles. The number of halogens is 1. The molecule has 0 aromatic heterocycles. The molecule has 0 atom stereocenters. The minimum absolute atomic E-state index is 0.0351. The molecule has 2 rings (SSSR count). The van der Waals surface area contributed by atoms with Crippen LogP contribution in [0.2, 0.25) is 0 Å². The third kappa shape index (κ3) is 5.37. The number of benzene rings is 1. The molecule has 1 aromatic carbocycles. The zero-order valence-electron chi connectivity index (χ0n) is 12.3. The fraction of sp³-hybridized carbons (Fsp3) is 0.529. The first kappa shape index (κ1) is 15.8. The van der Waals surface area contributed by atoms with Gasteiger partial charge in [-0.15, -0.1) is 0 Å². The number of piperidine rings is 1. The number of ether oxygens (including phenoxy) is 1. The summed E-state index contributed by atoms with van der Waals surface area (Å²) in [6.07, 6.45) is 4.21. The van der Waals surface area contributed by atoms with Crippen molar-refractivity contribution in [1.82, 2.24) is 4.90 Å². The van der Waals surface area contributed by atoms with Crippen LogP contribution < -0.4 is 4.74 Å². The fourth-order valence-corrected chi connectivity index (χ4v) is 2.38. The van der Waals surface area contributed by atoms with Crippen molar-refractivity contribution in [3.63, 3.8) is 0 Å². The van der Waals surface area contributed by atoms with Crippen LogP contribution >= 0.6 is 0 Å². The molecule has 1 saturated heterocycles. The molecule has 4 heteroatoms. The molecule has 0 bridgehead atoms. The molecule has 0 aliphatic carbocycles. The van der Waals surface area contributed by atoms with Crippen LogP contribution in [-0.2, 0) is 0 Å². The molecule has 1 fully saturated rings. The molecule has 1 aliphatic heterocycles. The van der Waals surface area contributed by atoms with Gasteiger partial charge in [-0.3, -0.25) is 4.90 Å². The Morgan fingerprint density at radius 2 is 2.05 bits per heavy atom. The lowest BCUT2D eigenvalue weighted by Gasteiger charge is -2.26. The third-order valence-electron chi connectivity index (χ3n) is 3.51. The van der Waals surface area contributed by atoms with E-state index in [-0.39, 0.29) is 18.2 Å². The predicted molar refractivity (Wildman–Crippen MR) is 80.8 cm³/mol. The Bertz CT molecular complexity index is 501. The fourth-order valence-electron chi connectivity index (χ4n) is 2.38. The van der Waals surface area contributed by atoms with Gasteiger partial charge in [0.15, 0.2) is 11.6 Å². The second-order valence-corrected chi connectivity index (χ2v) is 5.17. The minimum atomic E-state index is -0.360. The van der Waals surface area contributed by atoms with Crippen molar-refractivity contribution >= 4 is 0 Å². The first-order valence-electron chi connectivity index (χ1n) is 7.54. The molecule has 1 aromatic rings. The van der Waals surface area contributed by atoms with Crippen LogP contribution in [0.3, 0.4) is 0 Å². The van der Waals surface area contributed by atoms with Crippen LogP contribution in [0.15, 0.2) is 18.2 Å². The molecule has 0 radical (unpaired) electrons. The van der Waals surface area contributed by atoms with Crippen molar-refractivity contribution < 1.29 is 14.2 Å². The zero-order chi connectivity index (χ0) is 14.9. The van der Waals surface area contributed by atoms with Crippen LogP contribution in [0.1, 0.15) is 31.2 Å². The van der Waals surface area contributed by atoms with Crippen molar-refractivity contribution in [1.29, 1.82) is 0 Å². The number of hydrogen-bond donors (Lipinski definition) is 1. The molecule has 1 N–H and O–H groups in total. The van der Waals surface area contributed by atoms with Crippen LogP contribution in [0, 0.1) is 17.7 Å². The van der Waals surface area contributed by atoms with Gasteiger partial charge < -0.3 is 9.84 Å². The summed E-state index contributed by atoms with van der Waals surface area (Å²) in [5, 5.41) is 8.69. The number of likely N-dealkylation sites (tertiary alicyclic amines) is 1. The van der Waals surface area contributed by atoms with E-state index in [1.807, 2.05) is 0 Å². The Morgan fingerprint density at radius 3 is 2.81 bits per heavy atom. The van der Waals surface area contributed by atoms with E-state index in [0.29, 0.717) is 18.6 Å². The highest BCUT2D eigenvalue weighted by atomic mass is 19.1. The van der Waals surface area contributed by atoms with E-state index in [1.54, 1.807) is 12.1 Å². The van der Waals surface area contributed by atoms with Gasteiger partial charge in [-0.1, -0.05) is 18.3 Å². The molecule has 1 heterocycles. The number of aliphatic hydroxyl groups is 1. The van der Waals surface area contributed by atoms with E-state index in [1.165, 1.54) is 25.3 Å². The summed E-state index contributed by atoms with van der Waals surface area (Å²) in [6.45, 7) is 3.58. The maximum absolute atomic E-state index is 13.7. The Kier molecular flexibility index (Phi) is 6.52. The van der Waals surface area contributed by atoms with E-state index < -0.39 is 0 Å². The zero-order valence-corrected chi connectivity index (χ0v) is 12.3. The first-order chi connectivity index (χ1) is 10.3. The number of rotatable bonds is 5. The van der Waals surface area contributed by atoms with Gasteiger partial charge in [0.1, 0.15) is 6.61 Å². The largest absolute Gasteiger partial charge is 0.489 e. The Balaban J connectivity index is 1.86. The highest BCUT2D eigenvalue weighted by Gasteiger charge is 2.10. The number of nitrogens with zero attached hydrogens (tertiary/aromatic N) is 1. The minimum Gasteiger partial charge on any atom is -0.489 e. The lowest BCUT2D eigenvalue weighted by atomic mass is 10.1. The molecular formula is C17H22FNO2. The van der Waals surface area contributed by atoms with Crippen LogP contribution in [0.25, 0.3) is 0 Å². The first-order valence-corrected chi connectivity index (χ1v) is 7.54. The molecule has 0 amide bonds. The lowest BCUT2D eigenvalue weighted by Crippen LogP contribution is -2.33. The molecule has 3 nitrogen and oxygen atoms in total. The molecule has 21 heavy (non-hydrogen) atoms. The molecule has 0 spiro atoms. The summed E-state index contributed by atoms with van der Waals surface area (Å²) in [4.78, 5) is 2.35. The van der Waals surface area contributed by atoms with Gasteiger partial charge in [0, 0.05) is 18.5 Å². The standard InChI is InChI=1S/C17H22FNO2/c18-16-8-7-15(6-2-5-12-20)14-17(16)21-13-11-19-9-3-1-4-10-19/h7-8,14,20H,1,3-5,9-13H2. The van der Waals surface area contributed by atoms with Crippen molar-refractivity contribution in [3.8, 4) is 17.6 Å². The lowest BCUT2D eigenvalue weighted by molar-refractivity contribution is 0.180. The smallest absolute Gasteiger partial charge is 0.165 e. The van der Waals surface area contributed by atoms with Crippen LogP contribution in [0.4, 0.5) is 4.39 Å². The van der Waals surface area contributed by atoms with Crippen LogP contribution in [-0.4, -0.2) is 42.9 Å². The normalized spacial score (nSPS) is 15.3. The van der Waals surface area contributed by atoms with E-state index >= 15 is 0 Å². The van der Waals surface area contributed by atoms with E-state index in [2.05, 4.69) is 16.7 Å². The van der Waals surface area contributed by atoms with Crippen molar-refractivity contribution in [2.45, 2.75) is 25.7 Å². The topological polar surface area (TPSA) is 32.7 Å². The third-order valence-corrected chi connectivity index (χ3v) is 3.51. The van der Waals surface area contributed by atoms with Crippen LogP contribution in [0.5, 0.6) is 5.75 Å². The summed E-state index contributed by atoms with van der Waals surface area (Å²) in [5.74, 6) is 5.60. The second-order valence-electron chi connectivity index (χ2n) is 5.17. The maximum atomic E-state index is 13.7. The van der Waals surface area contributed by atoms with Gasteiger partial charge in [0.25, 0.3) is 0 Å². The van der Waals surface area contributed by atoms with Crippen molar-refractivity contribution in [2.24, 2.45) is 0 Å². The highest BCUT2D eigenvalue weighted by Crippen LogP contribution is 2.18. The summed E-state index contributed by atoms with van der Waals surface area (Å²) in [7, 11) is 0. The van der Waals surface area contributed by atoms with E-state index in [4.69, 9.17) is 9.84 Å². The second kappa shape index (κ2) is 8.66. The van der Waals surface area contributed by atoms with Gasteiger partial charge in [0.05, 0.1) is 6.61 Å². The predicted octanol–water partition coefficient (Wildman–Crippen LogP) is 2.42. The quantitative estimate of drug-likeness (QED) is 0.846. The number of hydrogen-bond acceptors (Lipinski definition) is 3. The summed E-state index contributed by atoms with van der Waals surface area (Å²) < 4.78 is 19.2. The molecular weight excluding hydrogens is 269 g/mol. The molecule has 114 valence electrons. The van der Waals surface area contributed by atoms with Gasteiger partial charge >= 0.3 is 0 Å².